The van der Waals surface area contributed by atoms with Gasteiger partial charge in [0.25, 0.3) is 11.8 Å². The summed E-state index contributed by atoms with van der Waals surface area (Å²) in [5.41, 5.74) is 1.00. The third-order valence-corrected chi connectivity index (χ3v) is 7.16. The summed E-state index contributed by atoms with van der Waals surface area (Å²) >= 11 is 2.77. The van der Waals surface area contributed by atoms with E-state index in [0.717, 1.165) is 31.1 Å². The summed E-state index contributed by atoms with van der Waals surface area (Å²) in [6.07, 6.45) is 5.32. The number of amidine groups is 1. The molecule has 8 nitrogen and oxygen atoms in total. The molecule has 2 aromatic rings. The van der Waals surface area contributed by atoms with Crippen LogP contribution in [-0.2, 0) is 16.6 Å². The maximum Gasteiger partial charge on any atom is 0.279 e. The number of thioether (sulfide) groups is 1. The molecule has 4 rings (SSSR count). The van der Waals surface area contributed by atoms with Gasteiger partial charge in [-0.05, 0) is 43.5 Å². The van der Waals surface area contributed by atoms with Crippen molar-refractivity contribution < 1.29 is 14.4 Å². The first-order valence-electron chi connectivity index (χ1n) is 10.1. The van der Waals surface area contributed by atoms with Crippen LogP contribution in [0.3, 0.4) is 0 Å². The lowest BCUT2D eigenvalue weighted by Crippen LogP contribution is -2.33. The van der Waals surface area contributed by atoms with Gasteiger partial charge >= 0.3 is 0 Å². The molecule has 2 aliphatic heterocycles. The zero-order chi connectivity index (χ0) is 21.8. The quantitative estimate of drug-likeness (QED) is 0.761. The average Bonchev–Trinajstić information content (AvgIpc) is 3.34. The second-order valence-electron chi connectivity index (χ2n) is 7.43. The average molecular weight is 458 g/mol. The molecule has 0 saturated carbocycles. The van der Waals surface area contributed by atoms with Crippen LogP contribution < -0.4 is 10.1 Å². The van der Waals surface area contributed by atoms with Crippen LogP contribution in [-0.4, -0.2) is 50.7 Å². The Morgan fingerprint density at radius 2 is 1.94 bits per heavy atom. The van der Waals surface area contributed by atoms with Gasteiger partial charge in [-0.3, -0.25) is 14.4 Å². The normalized spacial score (nSPS) is 19.5. The van der Waals surface area contributed by atoms with Gasteiger partial charge in [0.15, 0.2) is 9.97 Å². The summed E-state index contributed by atoms with van der Waals surface area (Å²) in [6, 6.07) is 6.58. The van der Waals surface area contributed by atoms with Crippen LogP contribution >= 0.6 is 23.1 Å². The Morgan fingerprint density at radius 1 is 1.19 bits per heavy atom. The number of amides is 3. The van der Waals surface area contributed by atoms with Crippen molar-refractivity contribution in [3.63, 3.8) is 0 Å². The van der Waals surface area contributed by atoms with Crippen LogP contribution in [0.1, 0.15) is 36.0 Å². The largest absolute Gasteiger partial charge is 0.351 e. The predicted molar refractivity (Wildman–Crippen MR) is 122 cm³/mol. The zero-order valence-electron chi connectivity index (χ0n) is 17.1. The van der Waals surface area contributed by atoms with E-state index in [0.29, 0.717) is 16.1 Å². The SMILES string of the molecule is Cn1ccsc1=NC(=O)c1ccc(NC(=O)CC2SC(N3CCCCC3)=NC2=O)cc1. The number of benzene rings is 1. The molecule has 0 spiro atoms. The first kappa shape index (κ1) is 21.5. The second-order valence-corrected chi connectivity index (χ2v) is 9.47. The molecule has 1 fully saturated rings. The van der Waals surface area contributed by atoms with E-state index in [9.17, 15) is 14.4 Å². The van der Waals surface area contributed by atoms with Crippen LogP contribution in [0, 0.1) is 0 Å². The van der Waals surface area contributed by atoms with Crippen molar-refractivity contribution in [1.29, 1.82) is 0 Å². The minimum absolute atomic E-state index is 0.0647. The number of aliphatic imine (C=N–C) groups is 1. The molecule has 0 aliphatic carbocycles. The van der Waals surface area contributed by atoms with E-state index in [-0.39, 0.29) is 24.1 Å². The van der Waals surface area contributed by atoms with Gasteiger partial charge in [0.2, 0.25) is 5.91 Å². The molecule has 3 amide bonds. The van der Waals surface area contributed by atoms with E-state index < -0.39 is 5.25 Å². The maximum absolute atomic E-state index is 12.4. The topological polar surface area (TPSA) is 96.1 Å². The number of carbonyl (C=O) groups is 3. The minimum Gasteiger partial charge on any atom is -0.351 e. The molecule has 2 aliphatic rings. The van der Waals surface area contributed by atoms with E-state index in [2.05, 4.69) is 20.2 Å². The molecule has 1 atom stereocenters. The van der Waals surface area contributed by atoms with Gasteiger partial charge < -0.3 is 14.8 Å². The fourth-order valence-electron chi connectivity index (χ4n) is 3.39. The third kappa shape index (κ3) is 5.31. The molecule has 1 saturated heterocycles. The monoisotopic (exact) mass is 457 g/mol. The summed E-state index contributed by atoms with van der Waals surface area (Å²) < 4.78 is 1.78. The summed E-state index contributed by atoms with van der Waals surface area (Å²) in [4.78, 5) is 48.0. The zero-order valence-corrected chi connectivity index (χ0v) is 18.7. The number of nitrogens with one attached hydrogen (secondary N) is 1. The van der Waals surface area contributed by atoms with E-state index in [1.807, 2.05) is 18.6 Å². The number of thiazole rings is 1. The minimum atomic E-state index is -0.483. The number of nitrogens with zero attached hydrogens (tertiary/aromatic N) is 4. The highest BCUT2D eigenvalue weighted by atomic mass is 32.2. The third-order valence-electron chi connectivity index (χ3n) is 5.10. The van der Waals surface area contributed by atoms with Crippen molar-refractivity contribution in [2.45, 2.75) is 30.9 Å². The number of aryl methyl sites for hydroxylation is 1. The van der Waals surface area contributed by atoms with Gasteiger partial charge in [-0.25, -0.2) is 0 Å². The molecule has 1 N–H and O–H groups in total. The van der Waals surface area contributed by atoms with Crippen LogP contribution in [0.25, 0.3) is 0 Å². The molecule has 0 bridgehead atoms. The molecule has 10 heteroatoms. The molecule has 1 aromatic carbocycles. The number of rotatable bonds is 4. The van der Waals surface area contributed by atoms with Crippen LogP contribution in [0.2, 0.25) is 0 Å². The Balaban J connectivity index is 1.31. The smallest absolute Gasteiger partial charge is 0.279 e. The van der Waals surface area contributed by atoms with Gasteiger partial charge in [0.05, 0.1) is 0 Å². The standard InChI is InChI=1S/C21H23N5O3S2/c1-25-11-12-30-20(25)23-18(28)14-5-7-15(8-6-14)22-17(27)13-16-19(29)24-21(31-16)26-9-3-2-4-10-26/h5-8,11-12,16H,2-4,9-10,13H2,1H3,(H,22,27). The molecule has 3 heterocycles. The van der Waals surface area contributed by atoms with Crippen molar-refractivity contribution in [2.75, 3.05) is 18.4 Å². The highest BCUT2D eigenvalue weighted by Gasteiger charge is 2.33. The Hall–Kier alpha value is -2.72. The van der Waals surface area contributed by atoms with Crippen molar-refractivity contribution in [3.8, 4) is 0 Å². The Morgan fingerprint density at radius 3 is 2.61 bits per heavy atom. The number of piperidine rings is 1. The Kier molecular flexibility index (Phi) is 6.67. The number of hydrogen-bond acceptors (Lipinski definition) is 6. The van der Waals surface area contributed by atoms with Crippen molar-refractivity contribution >= 4 is 51.7 Å². The fourth-order valence-corrected chi connectivity index (χ4v) is 5.24. The summed E-state index contributed by atoms with van der Waals surface area (Å²) in [7, 11) is 1.83. The van der Waals surface area contributed by atoms with E-state index in [1.54, 1.807) is 28.8 Å². The molecule has 162 valence electrons. The molecule has 31 heavy (non-hydrogen) atoms. The summed E-state index contributed by atoms with van der Waals surface area (Å²) in [6.45, 7) is 1.83. The summed E-state index contributed by atoms with van der Waals surface area (Å²) in [5, 5.41) is 4.91. The van der Waals surface area contributed by atoms with Crippen molar-refractivity contribution in [1.82, 2.24) is 9.47 Å². The van der Waals surface area contributed by atoms with Gasteiger partial charge in [0.1, 0.15) is 5.25 Å². The fraction of sp³-hybridized carbons (Fsp3) is 0.381. The molecule has 1 unspecified atom stereocenters. The first-order chi connectivity index (χ1) is 15.0. The van der Waals surface area contributed by atoms with Gasteiger partial charge in [-0.15, -0.1) is 11.3 Å². The molecular formula is C21H23N5O3S2. The Bertz CT molecular complexity index is 1080. The van der Waals surface area contributed by atoms with Gasteiger partial charge in [0, 0.05) is 49.4 Å². The van der Waals surface area contributed by atoms with Crippen LogP contribution in [0.5, 0.6) is 0 Å². The number of anilines is 1. The van der Waals surface area contributed by atoms with Gasteiger partial charge in [-0.2, -0.15) is 9.98 Å². The van der Waals surface area contributed by atoms with Crippen molar-refractivity contribution in [2.24, 2.45) is 17.0 Å². The first-order valence-corrected chi connectivity index (χ1v) is 11.9. The lowest BCUT2D eigenvalue weighted by molar-refractivity contribution is -0.121. The predicted octanol–water partition coefficient (Wildman–Crippen LogP) is 2.64. The number of aromatic nitrogens is 1. The lowest BCUT2D eigenvalue weighted by Gasteiger charge is -2.27. The lowest BCUT2D eigenvalue weighted by atomic mass is 10.1. The second kappa shape index (κ2) is 9.61. The molecule has 1 aromatic heterocycles. The highest BCUT2D eigenvalue weighted by Crippen LogP contribution is 2.29. The number of carbonyl (C=O) groups excluding carboxylic acids is 3. The van der Waals surface area contributed by atoms with Crippen LogP contribution in [0.4, 0.5) is 5.69 Å². The van der Waals surface area contributed by atoms with E-state index in [4.69, 9.17) is 0 Å². The van der Waals surface area contributed by atoms with E-state index in [1.165, 1.54) is 29.5 Å². The molecule has 0 radical (unpaired) electrons. The number of hydrogen-bond donors (Lipinski definition) is 1. The maximum atomic E-state index is 12.4. The summed E-state index contributed by atoms with van der Waals surface area (Å²) in [5.74, 6) is -0.841. The highest BCUT2D eigenvalue weighted by molar-refractivity contribution is 8.15. The van der Waals surface area contributed by atoms with Crippen molar-refractivity contribution in [3.05, 3.63) is 46.2 Å². The Labute approximate surface area is 188 Å². The number of likely N-dealkylation sites (tertiary alicyclic amines) is 1. The van der Waals surface area contributed by atoms with Gasteiger partial charge in [-0.1, -0.05) is 11.8 Å². The molecular weight excluding hydrogens is 434 g/mol. The van der Waals surface area contributed by atoms with Crippen LogP contribution in [0.15, 0.2) is 45.8 Å². The van der Waals surface area contributed by atoms with E-state index >= 15 is 0 Å².